The van der Waals surface area contributed by atoms with E-state index in [1.165, 1.54) is 41.7 Å². The SMILES string of the molecule is O=C(CN[C@H](c1ccccc1)c1cccs1)NCCC1=CCCCC1. The van der Waals surface area contributed by atoms with E-state index in [0.717, 1.165) is 13.0 Å². The molecule has 1 heterocycles. The zero-order valence-electron chi connectivity index (χ0n) is 14.5. The molecule has 2 aromatic rings. The Morgan fingerprint density at radius 1 is 1.12 bits per heavy atom. The average Bonchev–Trinajstić information content (AvgIpc) is 3.18. The first-order valence-corrected chi connectivity index (χ1v) is 9.97. The van der Waals surface area contributed by atoms with Crippen LogP contribution in [0.3, 0.4) is 0 Å². The second-order valence-electron chi connectivity index (χ2n) is 6.45. The van der Waals surface area contributed by atoms with Gasteiger partial charge in [-0.1, -0.05) is 48.0 Å². The van der Waals surface area contributed by atoms with Gasteiger partial charge in [-0.05, 0) is 49.1 Å². The number of amides is 1. The van der Waals surface area contributed by atoms with E-state index in [4.69, 9.17) is 0 Å². The van der Waals surface area contributed by atoms with Crippen molar-refractivity contribution in [2.24, 2.45) is 0 Å². The Balaban J connectivity index is 1.49. The van der Waals surface area contributed by atoms with E-state index < -0.39 is 0 Å². The van der Waals surface area contributed by atoms with Crippen molar-refractivity contribution in [3.05, 3.63) is 69.9 Å². The Labute approximate surface area is 154 Å². The fourth-order valence-corrected chi connectivity index (χ4v) is 4.06. The van der Waals surface area contributed by atoms with Crippen LogP contribution in [0.15, 0.2) is 59.5 Å². The summed E-state index contributed by atoms with van der Waals surface area (Å²) in [6.07, 6.45) is 8.33. The summed E-state index contributed by atoms with van der Waals surface area (Å²) >= 11 is 1.71. The second-order valence-corrected chi connectivity index (χ2v) is 7.43. The molecule has 1 atom stereocenters. The highest BCUT2D eigenvalue weighted by Gasteiger charge is 2.15. The average molecular weight is 355 g/mol. The quantitative estimate of drug-likeness (QED) is 0.688. The number of carbonyl (C=O) groups excluding carboxylic acids is 1. The third-order valence-corrected chi connectivity index (χ3v) is 5.52. The summed E-state index contributed by atoms with van der Waals surface area (Å²) in [6.45, 7) is 1.07. The molecule has 0 bridgehead atoms. The maximum atomic E-state index is 12.2. The molecule has 25 heavy (non-hydrogen) atoms. The molecule has 3 rings (SSSR count). The highest BCUT2D eigenvalue weighted by molar-refractivity contribution is 7.10. The Hall–Kier alpha value is -1.91. The molecule has 1 amide bonds. The molecule has 1 aliphatic rings. The lowest BCUT2D eigenvalue weighted by atomic mass is 9.97. The zero-order valence-corrected chi connectivity index (χ0v) is 15.4. The largest absolute Gasteiger partial charge is 0.355 e. The minimum absolute atomic E-state index is 0.0630. The van der Waals surface area contributed by atoms with Crippen molar-refractivity contribution in [3.8, 4) is 0 Å². The van der Waals surface area contributed by atoms with Crippen molar-refractivity contribution in [1.29, 1.82) is 0 Å². The Bertz CT molecular complexity index is 679. The number of rotatable bonds is 8. The van der Waals surface area contributed by atoms with Gasteiger partial charge in [0.1, 0.15) is 0 Å². The van der Waals surface area contributed by atoms with Gasteiger partial charge in [0.05, 0.1) is 12.6 Å². The van der Waals surface area contributed by atoms with E-state index in [-0.39, 0.29) is 11.9 Å². The minimum atomic E-state index is 0.0630. The summed E-state index contributed by atoms with van der Waals surface area (Å²) in [5, 5.41) is 8.53. The lowest BCUT2D eigenvalue weighted by molar-refractivity contribution is -0.120. The van der Waals surface area contributed by atoms with Crippen LogP contribution in [-0.4, -0.2) is 19.0 Å². The Kier molecular flexibility index (Phi) is 6.83. The first kappa shape index (κ1) is 17.9. The molecule has 0 unspecified atom stereocenters. The van der Waals surface area contributed by atoms with Gasteiger partial charge >= 0.3 is 0 Å². The molecule has 0 radical (unpaired) electrons. The van der Waals surface area contributed by atoms with Crippen LogP contribution >= 0.6 is 11.3 Å². The predicted molar refractivity (Wildman–Crippen MR) is 105 cm³/mol. The number of carbonyl (C=O) groups is 1. The first-order valence-electron chi connectivity index (χ1n) is 9.09. The van der Waals surface area contributed by atoms with Crippen LogP contribution in [0.1, 0.15) is 48.6 Å². The molecule has 0 aliphatic heterocycles. The smallest absolute Gasteiger partial charge is 0.233 e. The number of thiophene rings is 1. The summed E-state index contributed by atoms with van der Waals surface area (Å²) in [5.74, 6) is 0.0638. The van der Waals surface area contributed by atoms with Crippen LogP contribution < -0.4 is 10.6 Å². The van der Waals surface area contributed by atoms with Crippen LogP contribution in [0.5, 0.6) is 0 Å². The molecule has 4 heteroatoms. The molecular formula is C21H26N2OS. The fourth-order valence-electron chi connectivity index (χ4n) is 3.24. The van der Waals surface area contributed by atoms with Crippen molar-refractivity contribution in [2.45, 2.75) is 38.1 Å². The van der Waals surface area contributed by atoms with Crippen molar-refractivity contribution in [1.82, 2.24) is 10.6 Å². The highest BCUT2D eigenvalue weighted by Crippen LogP contribution is 2.25. The van der Waals surface area contributed by atoms with Crippen molar-refractivity contribution in [2.75, 3.05) is 13.1 Å². The normalized spacial score (nSPS) is 15.4. The molecule has 1 aromatic heterocycles. The fraction of sp³-hybridized carbons (Fsp3) is 0.381. The maximum Gasteiger partial charge on any atom is 0.233 e. The maximum absolute atomic E-state index is 12.2. The van der Waals surface area contributed by atoms with Crippen molar-refractivity contribution >= 4 is 17.2 Å². The molecule has 2 N–H and O–H groups in total. The lowest BCUT2D eigenvalue weighted by Crippen LogP contribution is -2.36. The van der Waals surface area contributed by atoms with Gasteiger partial charge in [0.15, 0.2) is 0 Å². The lowest BCUT2D eigenvalue weighted by Gasteiger charge is -2.18. The second kappa shape index (κ2) is 9.54. The monoisotopic (exact) mass is 354 g/mol. The predicted octanol–water partition coefficient (Wildman–Crippen LogP) is 4.43. The Morgan fingerprint density at radius 2 is 2.00 bits per heavy atom. The van der Waals surface area contributed by atoms with E-state index in [9.17, 15) is 4.79 Å². The molecule has 0 spiro atoms. The third kappa shape index (κ3) is 5.55. The van der Waals surface area contributed by atoms with Crippen LogP contribution in [0.25, 0.3) is 0 Å². The van der Waals surface area contributed by atoms with Gasteiger partial charge in [0, 0.05) is 11.4 Å². The van der Waals surface area contributed by atoms with Crippen LogP contribution in [0.4, 0.5) is 0 Å². The molecular weight excluding hydrogens is 328 g/mol. The molecule has 132 valence electrons. The van der Waals surface area contributed by atoms with Crippen LogP contribution in [0, 0.1) is 0 Å². The summed E-state index contributed by atoms with van der Waals surface area (Å²) in [7, 11) is 0. The van der Waals surface area contributed by atoms with Crippen LogP contribution in [0.2, 0.25) is 0 Å². The third-order valence-electron chi connectivity index (χ3n) is 4.58. The van der Waals surface area contributed by atoms with Gasteiger partial charge in [-0.15, -0.1) is 11.3 Å². The standard InChI is InChI=1S/C21H26N2OS/c24-20(22-14-13-17-8-3-1-4-9-17)16-23-21(19-12-7-15-25-19)18-10-5-2-6-11-18/h2,5-8,10-12,15,21,23H,1,3-4,9,13-14,16H2,(H,22,24)/t21-/m1/s1. The summed E-state index contributed by atoms with van der Waals surface area (Å²) in [6, 6.07) is 14.5. The van der Waals surface area contributed by atoms with Gasteiger partial charge in [0.25, 0.3) is 0 Å². The van der Waals surface area contributed by atoms with E-state index in [2.05, 4.69) is 46.4 Å². The van der Waals surface area contributed by atoms with E-state index in [0.29, 0.717) is 6.54 Å². The molecule has 3 nitrogen and oxygen atoms in total. The topological polar surface area (TPSA) is 41.1 Å². The van der Waals surface area contributed by atoms with Crippen LogP contribution in [-0.2, 0) is 4.79 Å². The van der Waals surface area contributed by atoms with Gasteiger partial charge in [-0.3, -0.25) is 10.1 Å². The summed E-state index contributed by atoms with van der Waals surface area (Å²) in [4.78, 5) is 13.4. The number of benzene rings is 1. The zero-order chi connectivity index (χ0) is 17.3. The van der Waals surface area contributed by atoms with Gasteiger partial charge in [-0.2, -0.15) is 0 Å². The first-order chi connectivity index (χ1) is 12.3. The summed E-state index contributed by atoms with van der Waals surface area (Å²) < 4.78 is 0. The summed E-state index contributed by atoms with van der Waals surface area (Å²) in [5.41, 5.74) is 2.69. The number of nitrogens with one attached hydrogen (secondary N) is 2. The van der Waals surface area contributed by atoms with E-state index in [1.54, 1.807) is 11.3 Å². The molecule has 0 saturated carbocycles. The molecule has 1 aromatic carbocycles. The molecule has 0 saturated heterocycles. The number of hydrogen-bond donors (Lipinski definition) is 2. The van der Waals surface area contributed by atoms with Gasteiger partial charge in [-0.25, -0.2) is 0 Å². The van der Waals surface area contributed by atoms with Crippen molar-refractivity contribution in [3.63, 3.8) is 0 Å². The van der Waals surface area contributed by atoms with Gasteiger partial charge < -0.3 is 5.32 Å². The Morgan fingerprint density at radius 3 is 2.72 bits per heavy atom. The van der Waals surface area contributed by atoms with E-state index >= 15 is 0 Å². The van der Waals surface area contributed by atoms with Gasteiger partial charge in [0.2, 0.25) is 5.91 Å². The highest BCUT2D eigenvalue weighted by atomic mass is 32.1. The molecule has 0 fully saturated rings. The van der Waals surface area contributed by atoms with Crippen molar-refractivity contribution < 1.29 is 4.79 Å². The molecule has 1 aliphatic carbocycles. The number of allylic oxidation sites excluding steroid dienone is 1. The number of hydrogen-bond acceptors (Lipinski definition) is 3. The minimum Gasteiger partial charge on any atom is -0.355 e. The van der Waals surface area contributed by atoms with E-state index in [1.807, 2.05) is 18.2 Å².